The van der Waals surface area contributed by atoms with Gasteiger partial charge in [0, 0.05) is 44.5 Å². The summed E-state index contributed by atoms with van der Waals surface area (Å²) in [6.07, 6.45) is -1.76. The number of alkyl halides is 3. The number of hydrogen-bond acceptors (Lipinski definition) is 7. The van der Waals surface area contributed by atoms with Gasteiger partial charge in [-0.25, -0.2) is 4.98 Å². The van der Waals surface area contributed by atoms with Gasteiger partial charge >= 0.3 is 6.18 Å². The second-order valence-corrected chi connectivity index (χ2v) is 6.68. The summed E-state index contributed by atoms with van der Waals surface area (Å²) in [7, 11) is 3.19. The molecule has 1 amide bonds. The summed E-state index contributed by atoms with van der Waals surface area (Å²) in [5.74, 6) is -0.613. The Kier molecular flexibility index (Phi) is 6.90. The minimum absolute atomic E-state index is 0.0189. The van der Waals surface area contributed by atoms with Crippen molar-refractivity contribution in [3.8, 4) is 0 Å². The van der Waals surface area contributed by atoms with Gasteiger partial charge in [-0.1, -0.05) is 0 Å². The Morgan fingerprint density at radius 2 is 2.03 bits per heavy atom. The number of aromatic nitrogens is 4. The maximum Gasteiger partial charge on any atom is 0.421 e. The van der Waals surface area contributed by atoms with Crippen LogP contribution in [0.15, 0.2) is 30.6 Å². The van der Waals surface area contributed by atoms with Crippen molar-refractivity contribution in [3.63, 3.8) is 0 Å². The third-order valence-electron chi connectivity index (χ3n) is 4.34. The number of nitrogens with zero attached hydrogens (tertiary/aromatic N) is 4. The fourth-order valence-electron chi connectivity index (χ4n) is 2.84. The van der Waals surface area contributed by atoms with E-state index in [9.17, 15) is 18.0 Å². The second kappa shape index (κ2) is 9.60. The number of methoxy groups -OCH3 is 1. The highest BCUT2D eigenvalue weighted by Crippen LogP contribution is 2.34. The number of ether oxygens (including phenoxy) is 1. The number of rotatable bonds is 9. The van der Waals surface area contributed by atoms with Crippen molar-refractivity contribution in [3.05, 3.63) is 36.2 Å². The van der Waals surface area contributed by atoms with Gasteiger partial charge in [-0.15, -0.1) is 0 Å². The van der Waals surface area contributed by atoms with Crippen LogP contribution in [0, 0.1) is 0 Å². The van der Waals surface area contributed by atoms with Crippen LogP contribution in [-0.4, -0.2) is 52.5 Å². The number of hydrogen-bond donors (Lipinski definition) is 3. The molecule has 3 rings (SSSR count). The number of aryl methyl sites for hydroxylation is 1. The summed E-state index contributed by atoms with van der Waals surface area (Å²) < 4.78 is 46.4. The number of benzene rings is 1. The van der Waals surface area contributed by atoms with Gasteiger partial charge in [0.25, 0.3) is 0 Å². The lowest BCUT2D eigenvalue weighted by atomic mass is 10.2. The molecule has 0 aliphatic heterocycles. The first-order valence-electron chi connectivity index (χ1n) is 9.40. The summed E-state index contributed by atoms with van der Waals surface area (Å²) in [5.41, 5.74) is 0.497. The molecule has 0 spiro atoms. The molecule has 3 aromatic rings. The van der Waals surface area contributed by atoms with Gasteiger partial charge < -0.3 is 20.7 Å². The molecule has 0 bridgehead atoms. The van der Waals surface area contributed by atoms with E-state index in [1.165, 1.54) is 7.11 Å². The smallest absolute Gasteiger partial charge is 0.375 e. The van der Waals surface area contributed by atoms with E-state index in [0.29, 0.717) is 12.1 Å². The summed E-state index contributed by atoms with van der Waals surface area (Å²) >= 11 is 0. The van der Waals surface area contributed by atoms with Crippen molar-refractivity contribution in [1.29, 1.82) is 0 Å². The third kappa shape index (κ3) is 5.81. The molecule has 12 heteroatoms. The van der Waals surface area contributed by atoms with Crippen LogP contribution in [0.25, 0.3) is 10.9 Å². The average Bonchev–Trinajstić information content (AvgIpc) is 3.07. The molecule has 0 atom stereocenters. The van der Waals surface area contributed by atoms with E-state index in [1.54, 1.807) is 30.1 Å². The van der Waals surface area contributed by atoms with Gasteiger partial charge in [0.05, 0.1) is 11.7 Å². The molecule has 2 aromatic heterocycles. The third-order valence-corrected chi connectivity index (χ3v) is 4.34. The normalized spacial score (nSPS) is 11.5. The first-order chi connectivity index (χ1) is 14.8. The highest BCUT2D eigenvalue weighted by molar-refractivity contribution is 5.83. The van der Waals surface area contributed by atoms with Crippen LogP contribution in [0.1, 0.15) is 12.0 Å². The molecular weight excluding hydrogens is 415 g/mol. The van der Waals surface area contributed by atoms with E-state index in [-0.39, 0.29) is 37.4 Å². The zero-order valence-corrected chi connectivity index (χ0v) is 17.0. The van der Waals surface area contributed by atoms with Crippen molar-refractivity contribution < 1.29 is 22.7 Å². The fourth-order valence-corrected chi connectivity index (χ4v) is 2.84. The molecule has 0 aliphatic carbocycles. The van der Waals surface area contributed by atoms with Crippen molar-refractivity contribution >= 4 is 34.3 Å². The Hall–Kier alpha value is -3.41. The zero-order chi connectivity index (χ0) is 22.4. The molecule has 0 saturated carbocycles. The molecule has 9 nitrogen and oxygen atoms in total. The highest BCUT2D eigenvalue weighted by Gasteiger charge is 2.35. The lowest BCUT2D eigenvalue weighted by Gasteiger charge is -2.15. The van der Waals surface area contributed by atoms with E-state index in [1.807, 2.05) is 6.07 Å². The summed E-state index contributed by atoms with van der Waals surface area (Å²) in [5, 5.41) is 13.3. The maximum atomic E-state index is 13.3. The van der Waals surface area contributed by atoms with Crippen LogP contribution in [0.5, 0.6) is 0 Å². The quantitative estimate of drug-likeness (QED) is 0.442. The number of carbonyl (C=O) groups is 1. The lowest BCUT2D eigenvalue weighted by molar-refractivity contribution is -0.137. The number of amides is 1. The van der Waals surface area contributed by atoms with Gasteiger partial charge in [0.1, 0.15) is 18.0 Å². The zero-order valence-electron chi connectivity index (χ0n) is 17.0. The topological polar surface area (TPSA) is 106 Å². The Bertz CT molecular complexity index is 1050. The summed E-state index contributed by atoms with van der Waals surface area (Å²) in [6.45, 7) is 0.391. The summed E-state index contributed by atoms with van der Waals surface area (Å²) in [4.78, 5) is 19.1. The van der Waals surface area contributed by atoms with Crippen LogP contribution in [0.2, 0.25) is 0 Å². The van der Waals surface area contributed by atoms with Crippen LogP contribution < -0.4 is 16.0 Å². The molecule has 1 aromatic carbocycles. The van der Waals surface area contributed by atoms with Crippen molar-refractivity contribution in [2.24, 2.45) is 7.05 Å². The molecule has 0 unspecified atom stereocenters. The molecule has 0 aliphatic rings. The Balaban J connectivity index is 1.70. The molecule has 2 heterocycles. The standard InChI is InChI=1S/C19H22F3N7O2/c1-29-15-8-13(5-4-12(15)9-26-29)27-18-25-10-14(19(20,21)22)17(28-18)24-7-3-6-23-16(30)11-31-2/h4-5,8-10H,3,6-7,11H2,1-2H3,(H,23,30)(H2,24,25,27,28). The van der Waals surface area contributed by atoms with Crippen molar-refractivity contribution in [2.75, 3.05) is 37.4 Å². The molecule has 166 valence electrons. The largest absolute Gasteiger partial charge is 0.421 e. The average molecular weight is 437 g/mol. The molecule has 0 fully saturated rings. The van der Waals surface area contributed by atoms with Gasteiger partial charge in [-0.2, -0.15) is 23.3 Å². The van der Waals surface area contributed by atoms with E-state index in [2.05, 4.69) is 35.8 Å². The molecule has 0 saturated heterocycles. The number of anilines is 3. The Labute approximate surface area is 176 Å². The number of carbonyl (C=O) groups excluding carboxylic acids is 1. The number of nitrogens with one attached hydrogen (secondary N) is 3. The predicted octanol–water partition coefficient (Wildman–Crippen LogP) is 2.69. The Morgan fingerprint density at radius 3 is 2.77 bits per heavy atom. The molecule has 3 N–H and O–H groups in total. The second-order valence-electron chi connectivity index (χ2n) is 6.68. The lowest BCUT2D eigenvalue weighted by Crippen LogP contribution is -2.29. The SMILES string of the molecule is COCC(=O)NCCCNc1nc(Nc2ccc3cnn(C)c3c2)ncc1C(F)(F)F. The van der Waals surface area contributed by atoms with Gasteiger partial charge in [-0.05, 0) is 24.6 Å². The first kappa shape index (κ1) is 22.3. The molecule has 0 radical (unpaired) electrons. The van der Waals surface area contributed by atoms with Gasteiger partial charge in [0.2, 0.25) is 11.9 Å². The number of fused-ring (bicyclic) bond motifs is 1. The van der Waals surface area contributed by atoms with E-state index in [4.69, 9.17) is 0 Å². The number of halogens is 3. The van der Waals surface area contributed by atoms with Crippen LogP contribution in [0.3, 0.4) is 0 Å². The first-order valence-corrected chi connectivity index (χ1v) is 9.40. The summed E-state index contributed by atoms with van der Waals surface area (Å²) in [6, 6.07) is 5.41. The predicted molar refractivity (Wildman–Crippen MR) is 109 cm³/mol. The molecule has 31 heavy (non-hydrogen) atoms. The Morgan fingerprint density at radius 1 is 1.23 bits per heavy atom. The minimum Gasteiger partial charge on any atom is -0.375 e. The molecular formula is C19H22F3N7O2. The van der Waals surface area contributed by atoms with E-state index in [0.717, 1.165) is 17.1 Å². The maximum absolute atomic E-state index is 13.3. The van der Waals surface area contributed by atoms with E-state index < -0.39 is 11.7 Å². The van der Waals surface area contributed by atoms with Crippen LogP contribution in [0.4, 0.5) is 30.6 Å². The van der Waals surface area contributed by atoms with Gasteiger partial charge in [-0.3, -0.25) is 9.48 Å². The monoisotopic (exact) mass is 437 g/mol. The fraction of sp³-hybridized carbons (Fsp3) is 0.368. The minimum atomic E-state index is -4.61. The van der Waals surface area contributed by atoms with Crippen molar-refractivity contribution in [1.82, 2.24) is 25.1 Å². The van der Waals surface area contributed by atoms with Crippen LogP contribution >= 0.6 is 0 Å². The highest BCUT2D eigenvalue weighted by atomic mass is 19.4. The van der Waals surface area contributed by atoms with Crippen LogP contribution in [-0.2, 0) is 22.8 Å². The van der Waals surface area contributed by atoms with Gasteiger partial charge in [0.15, 0.2) is 0 Å². The van der Waals surface area contributed by atoms with E-state index >= 15 is 0 Å². The van der Waals surface area contributed by atoms with Crippen molar-refractivity contribution in [2.45, 2.75) is 12.6 Å².